The number of hydrogen-bond acceptors (Lipinski definition) is 4. The number of hydrogen-bond donors (Lipinski definition) is 0. The molecule has 1 atom stereocenters. The maximum Gasteiger partial charge on any atom is 0.331 e. The highest BCUT2D eigenvalue weighted by Crippen LogP contribution is 2.07. The molecular weight excluding hydrogens is 174 g/mol. The average Bonchev–Trinajstić information content (AvgIpc) is 1.99. The highest BCUT2D eigenvalue weighted by molar-refractivity contribution is 7.78. The van der Waals surface area contributed by atoms with Crippen LogP contribution in [0, 0.1) is 5.92 Å². The monoisotopic (exact) mass is 187 g/mol. The number of nitrogens with zero attached hydrogens (tertiary/aromatic N) is 1. The van der Waals surface area contributed by atoms with Crippen LogP contribution >= 0.6 is 12.2 Å². The van der Waals surface area contributed by atoms with Crippen molar-refractivity contribution in [3.05, 3.63) is 0 Å². The first-order chi connectivity index (χ1) is 5.63. The lowest BCUT2D eigenvalue weighted by Crippen LogP contribution is -2.26. The Bertz CT molecular complexity index is 197. The second-order valence-corrected chi connectivity index (χ2v) is 2.84. The third-order valence-corrected chi connectivity index (χ3v) is 1.46. The summed E-state index contributed by atoms with van der Waals surface area (Å²) < 4.78 is 4.80. The molecule has 0 radical (unpaired) electrons. The van der Waals surface area contributed by atoms with E-state index in [2.05, 4.69) is 22.4 Å². The zero-order valence-electron chi connectivity index (χ0n) is 7.53. The molecule has 1 unspecified atom stereocenters. The molecule has 12 heavy (non-hydrogen) atoms. The lowest BCUT2D eigenvalue weighted by atomic mass is 10.1. The van der Waals surface area contributed by atoms with Crippen molar-refractivity contribution in [2.24, 2.45) is 10.9 Å². The maximum atomic E-state index is 11.2. The maximum absolute atomic E-state index is 11.2. The Balaban J connectivity index is 4.29. The molecule has 3 nitrogen and oxygen atoms in total. The minimum Gasteiger partial charge on any atom is -0.464 e. The molecule has 0 N–H and O–H groups in total. The van der Waals surface area contributed by atoms with Crippen LogP contribution in [0.15, 0.2) is 4.99 Å². The van der Waals surface area contributed by atoms with Gasteiger partial charge in [0.1, 0.15) is 0 Å². The van der Waals surface area contributed by atoms with Crippen LogP contribution in [0.25, 0.3) is 0 Å². The zero-order valence-corrected chi connectivity index (χ0v) is 8.35. The van der Waals surface area contributed by atoms with Crippen molar-refractivity contribution in [1.82, 2.24) is 0 Å². The third-order valence-electron chi connectivity index (χ3n) is 1.35. The van der Waals surface area contributed by atoms with E-state index in [-0.39, 0.29) is 11.9 Å². The van der Waals surface area contributed by atoms with Crippen LogP contribution in [0.3, 0.4) is 0 Å². The van der Waals surface area contributed by atoms with Gasteiger partial charge in [0.25, 0.3) is 0 Å². The molecule has 0 aromatic carbocycles. The van der Waals surface area contributed by atoms with Crippen molar-refractivity contribution in [2.75, 3.05) is 6.61 Å². The largest absolute Gasteiger partial charge is 0.464 e. The van der Waals surface area contributed by atoms with Gasteiger partial charge >= 0.3 is 5.97 Å². The van der Waals surface area contributed by atoms with Crippen LogP contribution < -0.4 is 0 Å². The van der Waals surface area contributed by atoms with Gasteiger partial charge < -0.3 is 4.74 Å². The van der Waals surface area contributed by atoms with Crippen LogP contribution in [-0.2, 0) is 9.53 Å². The van der Waals surface area contributed by atoms with Gasteiger partial charge in [0.05, 0.1) is 11.8 Å². The fraction of sp³-hybridized carbons (Fsp3) is 0.750. The Hall–Kier alpha value is -0.730. The zero-order chi connectivity index (χ0) is 9.56. The number of rotatable bonds is 4. The van der Waals surface area contributed by atoms with Crippen molar-refractivity contribution in [3.8, 4) is 0 Å². The van der Waals surface area contributed by atoms with Gasteiger partial charge in [-0.3, -0.25) is 0 Å². The SMILES string of the molecule is CCOC(=O)C(N=C=S)C(C)C. The molecule has 0 saturated carbocycles. The van der Waals surface area contributed by atoms with Gasteiger partial charge in [-0.1, -0.05) is 13.8 Å². The molecule has 68 valence electrons. The van der Waals surface area contributed by atoms with Crippen molar-refractivity contribution in [3.63, 3.8) is 0 Å². The summed E-state index contributed by atoms with van der Waals surface area (Å²) in [6, 6.07) is -0.498. The lowest BCUT2D eigenvalue weighted by Gasteiger charge is -2.12. The number of aliphatic imine (C=N–C) groups is 1. The number of isothiocyanates is 1. The summed E-state index contributed by atoms with van der Waals surface area (Å²) >= 11 is 4.43. The van der Waals surface area contributed by atoms with E-state index in [1.54, 1.807) is 6.92 Å². The molecule has 0 aliphatic rings. The van der Waals surface area contributed by atoms with Crippen molar-refractivity contribution in [2.45, 2.75) is 26.8 Å². The molecule has 0 aliphatic carbocycles. The first-order valence-electron chi connectivity index (χ1n) is 3.87. The minimum absolute atomic E-state index is 0.0968. The number of ether oxygens (including phenoxy) is 1. The van der Waals surface area contributed by atoms with E-state index in [1.165, 1.54) is 0 Å². The standard InChI is InChI=1S/C8H13NO2S/c1-4-11-8(10)7(6(2)3)9-5-12/h6-7H,4H2,1-3H3. The molecular formula is C8H13NO2S. The first kappa shape index (κ1) is 11.3. The van der Waals surface area contributed by atoms with E-state index in [1.807, 2.05) is 13.8 Å². The Morgan fingerprint density at radius 2 is 2.25 bits per heavy atom. The second-order valence-electron chi connectivity index (χ2n) is 2.66. The van der Waals surface area contributed by atoms with E-state index < -0.39 is 6.04 Å². The minimum atomic E-state index is -0.498. The number of carbonyl (C=O) groups is 1. The fourth-order valence-electron chi connectivity index (χ4n) is 0.758. The normalized spacial score (nSPS) is 12.0. The van der Waals surface area contributed by atoms with E-state index in [4.69, 9.17) is 4.74 Å². The van der Waals surface area contributed by atoms with Crippen LogP contribution in [0.4, 0.5) is 0 Å². The van der Waals surface area contributed by atoms with E-state index in [0.29, 0.717) is 6.61 Å². The van der Waals surface area contributed by atoms with Crippen molar-refractivity contribution in [1.29, 1.82) is 0 Å². The Morgan fingerprint density at radius 1 is 1.67 bits per heavy atom. The summed E-state index contributed by atoms with van der Waals surface area (Å²) in [6.45, 7) is 5.90. The Morgan fingerprint density at radius 3 is 2.58 bits per heavy atom. The molecule has 0 rings (SSSR count). The molecule has 0 heterocycles. The van der Waals surface area contributed by atoms with Gasteiger partial charge in [0.2, 0.25) is 0 Å². The van der Waals surface area contributed by atoms with E-state index >= 15 is 0 Å². The molecule has 0 spiro atoms. The molecule has 0 aliphatic heterocycles. The van der Waals surface area contributed by atoms with Crippen LogP contribution in [0.1, 0.15) is 20.8 Å². The highest BCUT2D eigenvalue weighted by Gasteiger charge is 2.21. The third kappa shape index (κ3) is 3.60. The van der Waals surface area contributed by atoms with Gasteiger partial charge in [0.15, 0.2) is 6.04 Å². The number of esters is 1. The summed E-state index contributed by atoms with van der Waals surface area (Å²) in [5.74, 6) is -0.232. The van der Waals surface area contributed by atoms with E-state index in [9.17, 15) is 4.79 Å². The molecule has 0 saturated heterocycles. The van der Waals surface area contributed by atoms with E-state index in [0.717, 1.165) is 0 Å². The smallest absolute Gasteiger partial charge is 0.331 e. The summed E-state index contributed by atoms with van der Waals surface area (Å²) in [5.41, 5.74) is 0. The van der Waals surface area contributed by atoms with Crippen molar-refractivity contribution < 1.29 is 9.53 Å². The topological polar surface area (TPSA) is 38.7 Å². The molecule has 0 fully saturated rings. The molecule has 0 amide bonds. The van der Waals surface area contributed by atoms with Gasteiger partial charge in [-0.2, -0.15) is 0 Å². The second kappa shape index (κ2) is 5.86. The molecule has 0 bridgehead atoms. The number of thiocarbonyl (C=S) groups is 1. The van der Waals surface area contributed by atoms with Crippen LogP contribution in [-0.4, -0.2) is 23.8 Å². The number of carbonyl (C=O) groups excluding carboxylic acids is 1. The average molecular weight is 187 g/mol. The summed E-state index contributed by atoms with van der Waals surface area (Å²) in [5, 5.41) is 2.20. The van der Waals surface area contributed by atoms with Gasteiger partial charge in [-0.25, -0.2) is 9.79 Å². The summed E-state index contributed by atoms with van der Waals surface area (Å²) in [7, 11) is 0. The first-order valence-corrected chi connectivity index (χ1v) is 4.27. The van der Waals surface area contributed by atoms with Gasteiger partial charge in [-0.05, 0) is 25.1 Å². The lowest BCUT2D eigenvalue weighted by molar-refractivity contribution is -0.145. The predicted molar refractivity (Wildman–Crippen MR) is 50.3 cm³/mol. The van der Waals surface area contributed by atoms with Gasteiger partial charge in [0, 0.05) is 0 Å². The molecule has 4 heteroatoms. The highest BCUT2D eigenvalue weighted by atomic mass is 32.1. The molecule has 0 aromatic heterocycles. The van der Waals surface area contributed by atoms with Gasteiger partial charge in [-0.15, -0.1) is 0 Å². The van der Waals surface area contributed by atoms with Crippen LogP contribution in [0.2, 0.25) is 0 Å². The quantitative estimate of drug-likeness (QED) is 0.382. The van der Waals surface area contributed by atoms with Crippen molar-refractivity contribution >= 4 is 23.3 Å². The summed E-state index contributed by atoms with van der Waals surface area (Å²) in [6.07, 6.45) is 0. The predicted octanol–water partition coefficient (Wildman–Crippen LogP) is 1.68. The fourth-order valence-corrected chi connectivity index (χ4v) is 0.872. The summed E-state index contributed by atoms with van der Waals surface area (Å²) in [4.78, 5) is 14.9. The molecule has 0 aromatic rings. The Labute approximate surface area is 77.8 Å². The Kier molecular flexibility index (Phi) is 5.51. The van der Waals surface area contributed by atoms with Crippen LogP contribution in [0.5, 0.6) is 0 Å².